The highest BCUT2D eigenvalue weighted by Crippen LogP contribution is 2.28. The molecule has 206 valence electrons. The summed E-state index contributed by atoms with van der Waals surface area (Å²) in [5, 5.41) is 6.42. The van der Waals surface area contributed by atoms with Crippen molar-refractivity contribution in [1.29, 1.82) is 0 Å². The summed E-state index contributed by atoms with van der Waals surface area (Å²) in [5.41, 5.74) is 4.36. The molecule has 1 aliphatic rings. The van der Waals surface area contributed by atoms with Crippen LogP contribution < -0.4 is 20.4 Å². The Labute approximate surface area is 235 Å². The number of benzene rings is 2. The first-order chi connectivity index (χ1) is 19.6. The van der Waals surface area contributed by atoms with E-state index in [1.165, 1.54) is 0 Å². The molecule has 40 heavy (non-hydrogen) atoms. The Balaban J connectivity index is 1.30. The number of amides is 1. The minimum Gasteiger partial charge on any atom is -0.369 e. The maximum atomic E-state index is 13.7. The minimum absolute atomic E-state index is 0.0183. The second-order valence-corrected chi connectivity index (χ2v) is 9.76. The molecule has 0 saturated carbocycles. The Bertz CT molecular complexity index is 1400. The van der Waals surface area contributed by atoms with Gasteiger partial charge in [0.2, 0.25) is 5.95 Å². The van der Waals surface area contributed by atoms with Gasteiger partial charge in [-0.2, -0.15) is 4.98 Å². The Morgan fingerprint density at radius 1 is 1.00 bits per heavy atom. The summed E-state index contributed by atoms with van der Waals surface area (Å²) < 4.78 is 6.37. The molecular formula is C31H35N7O2. The number of hydrogen-bond donors (Lipinski definition) is 2. The highest BCUT2D eigenvalue weighted by Gasteiger charge is 2.28. The largest absolute Gasteiger partial charge is 0.369 e. The Morgan fingerprint density at radius 2 is 1.85 bits per heavy atom. The van der Waals surface area contributed by atoms with Gasteiger partial charge in [-0.3, -0.25) is 9.78 Å². The predicted molar refractivity (Wildman–Crippen MR) is 157 cm³/mol. The van der Waals surface area contributed by atoms with E-state index in [1.807, 2.05) is 79.7 Å². The monoisotopic (exact) mass is 537 g/mol. The second-order valence-electron chi connectivity index (χ2n) is 9.76. The third kappa shape index (κ3) is 6.62. The third-order valence-electron chi connectivity index (χ3n) is 6.92. The van der Waals surface area contributed by atoms with Gasteiger partial charge < -0.3 is 25.2 Å². The molecule has 5 rings (SSSR count). The SMILES string of the molecule is CNCC[C@@H](OCc1cccc(N2CCN(C)c3nc(NCc4ccccn4)ncc3C2=O)c1)c1ccccc1. The van der Waals surface area contributed by atoms with E-state index < -0.39 is 0 Å². The van der Waals surface area contributed by atoms with Crippen molar-refractivity contribution in [3.63, 3.8) is 0 Å². The zero-order chi connectivity index (χ0) is 27.7. The summed E-state index contributed by atoms with van der Waals surface area (Å²) >= 11 is 0. The number of anilines is 3. The fourth-order valence-corrected chi connectivity index (χ4v) is 4.72. The van der Waals surface area contributed by atoms with Crippen LogP contribution in [-0.2, 0) is 17.9 Å². The molecular weight excluding hydrogens is 502 g/mol. The molecule has 1 aliphatic heterocycles. The average Bonchev–Trinajstić information content (AvgIpc) is 3.12. The van der Waals surface area contributed by atoms with Crippen LogP contribution in [0.1, 0.15) is 39.7 Å². The van der Waals surface area contributed by atoms with E-state index in [0.29, 0.717) is 43.6 Å². The number of likely N-dealkylation sites (N-methyl/N-ethyl adjacent to an activating group) is 1. The zero-order valence-corrected chi connectivity index (χ0v) is 23.0. The molecule has 1 amide bonds. The van der Waals surface area contributed by atoms with Gasteiger partial charge in [0, 0.05) is 38.2 Å². The molecule has 0 aliphatic carbocycles. The van der Waals surface area contributed by atoms with Crippen molar-refractivity contribution in [3.05, 3.63) is 108 Å². The zero-order valence-electron chi connectivity index (χ0n) is 23.0. The van der Waals surface area contributed by atoms with Crippen molar-refractivity contribution in [1.82, 2.24) is 20.3 Å². The lowest BCUT2D eigenvalue weighted by molar-refractivity contribution is 0.0344. The number of fused-ring (bicyclic) bond motifs is 1. The summed E-state index contributed by atoms with van der Waals surface area (Å²) in [4.78, 5) is 30.9. The van der Waals surface area contributed by atoms with Crippen LogP contribution in [0.15, 0.2) is 85.2 Å². The van der Waals surface area contributed by atoms with Crippen molar-refractivity contribution in [2.75, 3.05) is 48.8 Å². The lowest BCUT2D eigenvalue weighted by atomic mass is 10.1. The van der Waals surface area contributed by atoms with Gasteiger partial charge in [-0.1, -0.05) is 48.5 Å². The van der Waals surface area contributed by atoms with Gasteiger partial charge in [-0.15, -0.1) is 0 Å². The molecule has 0 saturated heterocycles. The summed E-state index contributed by atoms with van der Waals surface area (Å²) in [5.74, 6) is 0.952. The highest BCUT2D eigenvalue weighted by molar-refractivity contribution is 6.09. The van der Waals surface area contributed by atoms with E-state index in [2.05, 4.69) is 37.7 Å². The van der Waals surface area contributed by atoms with Crippen LogP contribution in [0, 0.1) is 0 Å². The van der Waals surface area contributed by atoms with E-state index >= 15 is 0 Å². The molecule has 9 heteroatoms. The number of hydrogen-bond acceptors (Lipinski definition) is 8. The number of ether oxygens (including phenoxy) is 1. The summed E-state index contributed by atoms with van der Waals surface area (Å²) in [6.07, 6.45) is 4.21. The van der Waals surface area contributed by atoms with Crippen LogP contribution in [-0.4, -0.2) is 54.6 Å². The fourth-order valence-electron chi connectivity index (χ4n) is 4.72. The van der Waals surface area contributed by atoms with Crippen molar-refractivity contribution >= 4 is 23.4 Å². The third-order valence-corrected chi connectivity index (χ3v) is 6.92. The molecule has 0 spiro atoms. The Hall–Kier alpha value is -4.34. The fraction of sp³-hybridized carbons (Fsp3) is 0.290. The van der Waals surface area contributed by atoms with Gasteiger partial charge in [-0.25, -0.2) is 4.98 Å². The normalized spacial score (nSPS) is 14.0. The molecule has 1 atom stereocenters. The van der Waals surface area contributed by atoms with Crippen LogP contribution in [0.2, 0.25) is 0 Å². The number of pyridine rings is 1. The van der Waals surface area contributed by atoms with Crippen LogP contribution in [0.25, 0.3) is 0 Å². The molecule has 2 N–H and O–H groups in total. The molecule has 3 heterocycles. The maximum Gasteiger partial charge on any atom is 0.263 e. The standard InChI is InChI=1S/C31H35N7O2/c1-32-16-14-28(24-10-4-3-5-11-24)40-22-23-9-8-13-26(19-23)38-18-17-37(2)29-27(30(38)39)21-35-31(36-29)34-20-25-12-6-7-15-33-25/h3-13,15,19,21,28,32H,14,16-18,20,22H2,1-2H3,(H,34,35,36)/t28-/m1/s1. The average molecular weight is 538 g/mol. The second kappa shape index (κ2) is 13.1. The number of nitrogens with zero attached hydrogens (tertiary/aromatic N) is 5. The van der Waals surface area contributed by atoms with Crippen molar-refractivity contribution < 1.29 is 9.53 Å². The molecule has 9 nitrogen and oxygen atoms in total. The number of carbonyl (C=O) groups excluding carboxylic acids is 1. The number of rotatable bonds is 11. The van der Waals surface area contributed by atoms with E-state index in [9.17, 15) is 4.79 Å². The van der Waals surface area contributed by atoms with E-state index in [-0.39, 0.29) is 12.0 Å². The molecule has 0 fully saturated rings. The van der Waals surface area contributed by atoms with Crippen LogP contribution in [0.3, 0.4) is 0 Å². The van der Waals surface area contributed by atoms with Gasteiger partial charge in [0.25, 0.3) is 5.91 Å². The molecule has 0 bridgehead atoms. The highest BCUT2D eigenvalue weighted by atomic mass is 16.5. The quantitative estimate of drug-likeness (QED) is 0.290. The molecule has 0 unspecified atom stereocenters. The first-order valence-corrected chi connectivity index (χ1v) is 13.6. The maximum absolute atomic E-state index is 13.7. The van der Waals surface area contributed by atoms with Crippen LogP contribution >= 0.6 is 0 Å². The summed E-state index contributed by atoms with van der Waals surface area (Å²) in [6, 6.07) is 24.1. The van der Waals surface area contributed by atoms with Gasteiger partial charge in [0.1, 0.15) is 11.4 Å². The molecule has 2 aromatic carbocycles. The Kier molecular flexibility index (Phi) is 8.95. The van der Waals surface area contributed by atoms with Gasteiger partial charge >= 0.3 is 0 Å². The molecule has 4 aromatic rings. The van der Waals surface area contributed by atoms with Crippen molar-refractivity contribution in [2.45, 2.75) is 25.7 Å². The van der Waals surface area contributed by atoms with Crippen LogP contribution in [0.5, 0.6) is 0 Å². The molecule has 2 aromatic heterocycles. The first-order valence-electron chi connectivity index (χ1n) is 13.6. The topological polar surface area (TPSA) is 95.5 Å². The number of nitrogens with one attached hydrogen (secondary N) is 2. The summed E-state index contributed by atoms with van der Waals surface area (Å²) in [6.45, 7) is 2.97. The van der Waals surface area contributed by atoms with E-state index in [1.54, 1.807) is 17.3 Å². The van der Waals surface area contributed by atoms with Gasteiger partial charge in [0.05, 0.1) is 24.9 Å². The summed E-state index contributed by atoms with van der Waals surface area (Å²) in [7, 11) is 3.90. The van der Waals surface area contributed by atoms with Crippen molar-refractivity contribution in [2.24, 2.45) is 0 Å². The minimum atomic E-state index is -0.120. The van der Waals surface area contributed by atoms with Crippen molar-refractivity contribution in [3.8, 4) is 0 Å². The number of carbonyl (C=O) groups is 1. The smallest absolute Gasteiger partial charge is 0.263 e. The first kappa shape index (κ1) is 27.2. The van der Waals surface area contributed by atoms with E-state index in [0.717, 1.165) is 35.5 Å². The predicted octanol–water partition coefficient (Wildman–Crippen LogP) is 4.45. The van der Waals surface area contributed by atoms with Gasteiger partial charge in [-0.05, 0) is 55.4 Å². The molecule has 0 radical (unpaired) electrons. The number of aromatic nitrogens is 3. The Morgan fingerprint density at radius 3 is 2.65 bits per heavy atom. The van der Waals surface area contributed by atoms with Crippen LogP contribution in [0.4, 0.5) is 17.5 Å². The lowest BCUT2D eigenvalue weighted by Gasteiger charge is -2.22. The lowest BCUT2D eigenvalue weighted by Crippen LogP contribution is -2.33. The van der Waals surface area contributed by atoms with Gasteiger partial charge in [0.15, 0.2) is 0 Å². The van der Waals surface area contributed by atoms with E-state index in [4.69, 9.17) is 4.74 Å².